The van der Waals surface area contributed by atoms with Crippen LogP contribution in [0.1, 0.15) is 38.3 Å². The third-order valence-corrected chi connectivity index (χ3v) is 5.31. The van der Waals surface area contributed by atoms with E-state index in [1.807, 2.05) is 59.2 Å². The van der Waals surface area contributed by atoms with E-state index < -0.39 is 0 Å². The lowest BCUT2D eigenvalue weighted by atomic mass is 10.0. The number of piperazine rings is 1. The lowest BCUT2D eigenvalue weighted by molar-refractivity contribution is 0.0535. The predicted molar refractivity (Wildman–Crippen MR) is 103 cm³/mol. The second-order valence-corrected chi connectivity index (χ2v) is 7.22. The molecule has 140 valence electrons. The Bertz CT molecular complexity index is 852. The third-order valence-electron chi connectivity index (χ3n) is 5.31. The number of rotatable bonds is 2. The normalized spacial score (nSPS) is 16.5. The molecule has 2 aromatic carbocycles. The Hall–Kier alpha value is -2.82. The van der Waals surface area contributed by atoms with Crippen LogP contribution in [0.15, 0.2) is 42.5 Å². The van der Waals surface area contributed by atoms with Gasteiger partial charge in [-0.3, -0.25) is 9.59 Å². The molecule has 0 radical (unpaired) electrons. The Kier molecular flexibility index (Phi) is 4.84. The first-order chi connectivity index (χ1) is 13.1. The Morgan fingerprint density at radius 2 is 1.44 bits per heavy atom. The van der Waals surface area contributed by atoms with Crippen LogP contribution < -0.4 is 4.74 Å². The fraction of sp³-hybridized carbons (Fsp3) is 0.364. The van der Waals surface area contributed by atoms with E-state index in [0.29, 0.717) is 37.3 Å². The van der Waals surface area contributed by atoms with Crippen molar-refractivity contribution in [2.75, 3.05) is 32.8 Å². The summed E-state index contributed by atoms with van der Waals surface area (Å²) in [5.74, 6) is 0.963. The van der Waals surface area contributed by atoms with Gasteiger partial charge in [0.25, 0.3) is 11.8 Å². The highest BCUT2D eigenvalue weighted by Crippen LogP contribution is 2.26. The second-order valence-electron chi connectivity index (χ2n) is 7.22. The van der Waals surface area contributed by atoms with Crippen molar-refractivity contribution in [1.29, 1.82) is 0 Å². The van der Waals surface area contributed by atoms with Gasteiger partial charge in [-0.1, -0.05) is 17.7 Å². The van der Waals surface area contributed by atoms with Crippen molar-refractivity contribution < 1.29 is 14.3 Å². The zero-order chi connectivity index (χ0) is 18.8. The van der Waals surface area contributed by atoms with Crippen LogP contribution in [0.2, 0.25) is 0 Å². The zero-order valence-corrected chi connectivity index (χ0v) is 15.6. The fourth-order valence-electron chi connectivity index (χ4n) is 3.67. The number of aryl methyl sites for hydroxylation is 2. The molecular formula is C22H24N2O3. The van der Waals surface area contributed by atoms with Gasteiger partial charge in [-0.15, -0.1) is 0 Å². The third kappa shape index (κ3) is 3.68. The molecule has 2 aliphatic heterocycles. The maximum Gasteiger partial charge on any atom is 0.253 e. The van der Waals surface area contributed by atoms with Gasteiger partial charge in [0, 0.05) is 37.3 Å². The predicted octanol–water partition coefficient (Wildman–Crippen LogP) is 2.92. The van der Waals surface area contributed by atoms with Crippen molar-refractivity contribution in [3.63, 3.8) is 0 Å². The lowest BCUT2D eigenvalue weighted by Gasteiger charge is -2.35. The van der Waals surface area contributed by atoms with E-state index in [0.717, 1.165) is 36.3 Å². The molecule has 2 heterocycles. The summed E-state index contributed by atoms with van der Waals surface area (Å²) in [5.41, 5.74) is 3.66. The molecule has 4 rings (SSSR count). The summed E-state index contributed by atoms with van der Waals surface area (Å²) < 4.78 is 5.62. The maximum absolute atomic E-state index is 12.9. The van der Waals surface area contributed by atoms with Gasteiger partial charge >= 0.3 is 0 Å². The average Bonchev–Trinajstić information content (AvgIpc) is 2.73. The highest BCUT2D eigenvalue weighted by atomic mass is 16.5. The summed E-state index contributed by atoms with van der Waals surface area (Å²) in [6.07, 6.45) is 1.94. The molecule has 0 spiro atoms. The van der Waals surface area contributed by atoms with E-state index in [1.165, 1.54) is 0 Å². The molecule has 0 aliphatic carbocycles. The van der Waals surface area contributed by atoms with Gasteiger partial charge < -0.3 is 14.5 Å². The summed E-state index contributed by atoms with van der Waals surface area (Å²) in [6, 6.07) is 13.3. The number of carbonyl (C=O) groups excluding carboxylic acids is 2. The van der Waals surface area contributed by atoms with Crippen molar-refractivity contribution in [2.45, 2.75) is 19.8 Å². The smallest absolute Gasteiger partial charge is 0.253 e. The van der Waals surface area contributed by atoms with Crippen LogP contribution in [0, 0.1) is 6.92 Å². The molecule has 0 bridgehead atoms. The average molecular weight is 364 g/mol. The van der Waals surface area contributed by atoms with Crippen molar-refractivity contribution in [2.24, 2.45) is 0 Å². The summed E-state index contributed by atoms with van der Waals surface area (Å²) in [5, 5.41) is 0. The van der Waals surface area contributed by atoms with Gasteiger partial charge in [0.1, 0.15) is 5.75 Å². The molecule has 5 nitrogen and oxygen atoms in total. The molecule has 2 amide bonds. The largest absolute Gasteiger partial charge is 0.493 e. The Morgan fingerprint density at radius 3 is 2.11 bits per heavy atom. The molecule has 1 fully saturated rings. The van der Waals surface area contributed by atoms with Gasteiger partial charge in [0.15, 0.2) is 0 Å². The molecule has 0 atom stereocenters. The zero-order valence-electron chi connectivity index (χ0n) is 15.6. The minimum Gasteiger partial charge on any atom is -0.493 e. The Balaban J connectivity index is 1.39. The fourth-order valence-corrected chi connectivity index (χ4v) is 3.67. The quantitative estimate of drug-likeness (QED) is 0.823. The molecule has 2 aromatic rings. The highest BCUT2D eigenvalue weighted by Gasteiger charge is 2.26. The molecular weight excluding hydrogens is 340 g/mol. The minimum atomic E-state index is 0.0332. The molecule has 0 unspecified atom stereocenters. The molecule has 27 heavy (non-hydrogen) atoms. The van der Waals surface area contributed by atoms with Crippen molar-refractivity contribution in [3.8, 4) is 5.75 Å². The molecule has 0 saturated carbocycles. The summed E-state index contributed by atoms with van der Waals surface area (Å²) in [4.78, 5) is 29.1. The monoisotopic (exact) mass is 364 g/mol. The van der Waals surface area contributed by atoms with Crippen molar-refractivity contribution >= 4 is 11.8 Å². The molecule has 2 aliphatic rings. The van der Waals surface area contributed by atoms with Crippen LogP contribution in [0.25, 0.3) is 0 Å². The van der Waals surface area contributed by atoms with Crippen LogP contribution in [-0.4, -0.2) is 54.4 Å². The number of hydrogen-bond donors (Lipinski definition) is 0. The van der Waals surface area contributed by atoms with Crippen LogP contribution >= 0.6 is 0 Å². The maximum atomic E-state index is 12.9. The van der Waals surface area contributed by atoms with Crippen molar-refractivity contribution in [3.05, 3.63) is 64.7 Å². The first-order valence-electron chi connectivity index (χ1n) is 9.53. The number of amides is 2. The molecule has 1 saturated heterocycles. The topological polar surface area (TPSA) is 49.9 Å². The second kappa shape index (κ2) is 7.43. The first-order valence-corrected chi connectivity index (χ1v) is 9.53. The number of nitrogens with zero attached hydrogens (tertiary/aromatic N) is 2. The van der Waals surface area contributed by atoms with Crippen LogP contribution in [0.3, 0.4) is 0 Å². The van der Waals surface area contributed by atoms with E-state index in [4.69, 9.17) is 4.74 Å². The van der Waals surface area contributed by atoms with Gasteiger partial charge in [-0.05, 0) is 55.7 Å². The van der Waals surface area contributed by atoms with E-state index in [2.05, 4.69) is 0 Å². The van der Waals surface area contributed by atoms with Crippen LogP contribution in [0.5, 0.6) is 5.75 Å². The number of benzene rings is 2. The van der Waals surface area contributed by atoms with Crippen molar-refractivity contribution in [1.82, 2.24) is 9.80 Å². The molecule has 0 N–H and O–H groups in total. The van der Waals surface area contributed by atoms with Crippen LogP contribution in [0.4, 0.5) is 0 Å². The number of ether oxygens (including phenoxy) is 1. The van der Waals surface area contributed by atoms with Gasteiger partial charge in [0.05, 0.1) is 6.61 Å². The lowest BCUT2D eigenvalue weighted by Crippen LogP contribution is -2.50. The summed E-state index contributed by atoms with van der Waals surface area (Å²) in [7, 11) is 0. The van der Waals surface area contributed by atoms with Crippen LogP contribution in [-0.2, 0) is 6.42 Å². The highest BCUT2D eigenvalue weighted by molar-refractivity contribution is 5.96. The Labute approximate surface area is 159 Å². The Morgan fingerprint density at radius 1 is 0.852 bits per heavy atom. The van der Waals surface area contributed by atoms with Gasteiger partial charge in [-0.25, -0.2) is 0 Å². The summed E-state index contributed by atoms with van der Waals surface area (Å²) >= 11 is 0. The van der Waals surface area contributed by atoms with Gasteiger partial charge in [0.2, 0.25) is 0 Å². The van der Waals surface area contributed by atoms with Gasteiger partial charge in [-0.2, -0.15) is 0 Å². The number of hydrogen-bond acceptors (Lipinski definition) is 3. The minimum absolute atomic E-state index is 0.0332. The molecule has 0 aromatic heterocycles. The van der Waals surface area contributed by atoms with E-state index in [-0.39, 0.29) is 11.8 Å². The first kappa shape index (κ1) is 17.6. The number of carbonyl (C=O) groups is 2. The standard InChI is InChI=1S/C22H24N2O3/c1-16-4-6-17(7-5-16)21(25)23-10-12-24(13-11-23)22(26)19-8-9-20-18(15-19)3-2-14-27-20/h4-9,15H,2-3,10-14H2,1H3. The van der Waals surface area contributed by atoms with E-state index in [9.17, 15) is 9.59 Å². The SMILES string of the molecule is Cc1ccc(C(=O)N2CCN(C(=O)c3ccc4c(c3)CCCO4)CC2)cc1. The van der Waals surface area contributed by atoms with E-state index in [1.54, 1.807) is 0 Å². The van der Waals surface area contributed by atoms with E-state index >= 15 is 0 Å². The summed E-state index contributed by atoms with van der Waals surface area (Å²) in [6.45, 7) is 5.00. The molecule has 5 heteroatoms. The number of fused-ring (bicyclic) bond motifs is 1.